The van der Waals surface area contributed by atoms with Gasteiger partial charge in [-0.1, -0.05) is 36.4 Å². The Kier molecular flexibility index (Phi) is 4.94. The van der Waals surface area contributed by atoms with Gasteiger partial charge in [0.25, 0.3) is 5.91 Å². The van der Waals surface area contributed by atoms with Crippen LogP contribution in [0.3, 0.4) is 0 Å². The maximum Gasteiger partial charge on any atom is 0.258 e. The van der Waals surface area contributed by atoms with Crippen molar-refractivity contribution in [1.29, 1.82) is 5.26 Å². The van der Waals surface area contributed by atoms with Crippen molar-refractivity contribution in [3.8, 4) is 11.8 Å². The molecule has 0 fully saturated rings. The smallest absolute Gasteiger partial charge is 0.258 e. The van der Waals surface area contributed by atoms with Gasteiger partial charge >= 0.3 is 0 Å². The van der Waals surface area contributed by atoms with Crippen LogP contribution < -0.4 is 10.1 Å². The lowest BCUT2D eigenvalue weighted by Crippen LogP contribution is -2.28. The van der Waals surface area contributed by atoms with Crippen LogP contribution in [0.1, 0.15) is 16.7 Å². The zero-order chi connectivity index (χ0) is 15.1. The Labute approximate surface area is 124 Å². The molecular weight excluding hydrogens is 264 g/mol. The van der Waals surface area contributed by atoms with E-state index in [0.717, 1.165) is 11.1 Å². The topological polar surface area (TPSA) is 62.1 Å². The Morgan fingerprint density at radius 1 is 1.19 bits per heavy atom. The molecule has 0 unspecified atom stereocenters. The highest BCUT2D eigenvalue weighted by molar-refractivity contribution is 5.77. The molecule has 2 aromatic carbocycles. The first kappa shape index (κ1) is 14.6. The predicted molar refractivity (Wildman–Crippen MR) is 79.7 cm³/mol. The van der Waals surface area contributed by atoms with Crippen molar-refractivity contribution in [1.82, 2.24) is 5.32 Å². The lowest BCUT2D eigenvalue weighted by Gasteiger charge is -2.09. The highest BCUT2D eigenvalue weighted by Gasteiger charge is 2.06. The number of hydrogen-bond donors (Lipinski definition) is 1. The largest absolute Gasteiger partial charge is 0.482 e. The number of ether oxygens (including phenoxy) is 1. The Bertz CT molecular complexity index is 674. The molecule has 0 saturated heterocycles. The Morgan fingerprint density at radius 3 is 2.67 bits per heavy atom. The quantitative estimate of drug-likeness (QED) is 0.915. The lowest BCUT2D eigenvalue weighted by molar-refractivity contribution is -0.123. The molecule has 21 heavy (non-hydrogen) atoms. The summed E-state index contributed by atoms with van der Waals surface area (Å²) in [6, 6.07) is 16.7. The summed E-state index contributed by atoms with van der Waals surface area (Å²) in [6.45, 7) is 2.36. The summed E-state index contributed by atoms with van der Waals surface area (Å²) in [6.07, 6.45) is 0. The number of amides is 1. The maximum absolute atomic E-state index is 11.8. The van der Waals surface area contributed by atoms with Crippen LogP contribution >= 0.6 is 0 Å². The van der Waals surface area contributed by atoms with Gasteiger partial charge in [0.2, 0.25) is 0 Å². The van der Waals surface area contributed by atoms with E-state index in [1.54, 1.807) is 24.3 Å². The van der Waals surface area contributed by atoms with Crippen LogP contribution in [-0.4, -0.2) is 12.5 Å². The molecule has 1 amide bonds. The number of benzene rings is 2. The maximum atomic E-state index is 11.8. The van der Waals surface area contributed by atoms with Crippen LogP contribution in [0, 0.1) is 18.3 Å². The third-order valence-corrected chi connectivity index (χ3v) is 3.10. The Balaban J connectivity index is 1.86. The van der Waals surface area contributed by atoms with Crippen molar-refractivity contribution in [3.63, 3.8) is 0 Å². The summed E-state index contributed by atoms with van der Waals surface area (Å²) in [5.74, 6) is 0.206. The fraction of sp³-hybridized carbons (Fsp3) is 0.176. The number of rotatable bonds is 5. The standard InChI is InChI=1S/C17H16N2O2/c1-13-6-2-3-8-15(13)11-19-17(20)12-21-16-9-5-4-7-14(16)10-18/h2-9H,11-12H2,1H3,(H,19,20). The first-order valence-corrected chi connectivity index (χ1v) is 6.64. The van der Waals surface area contributed by atoms with Crippen LogP contribution in [0.4, 0.5) is 0 Å². The van der Waals surface area contributed by atoms with Gasteiger partial charge in [0, 0.05) is 6.54 Å². The molecule has 0 bridgehead atoms. The number of carbonyl (C=O) groups is 1. The normalized spacial score (nSPS) is 9.71. The van der Waals surface area contributed by atoms with Crippen LogP contribution in [0.2, 0.25) is 0 Å². The molecular formula is C17H16N2O2. The van der Waals surface area contributed by atoms with Gasteiger partial charge in [-0.25, -0.2) is 0 Å². The molecule has 4 nitrogen and oxygen atoms in total. The fourth-order valence-corrected chi connectivity index (χ4v) is 1.88. The molecule has 2 rings (SSSR count). The molecule has 4 heteroatoms. The number of para-hydroxylation sites is 1. The lowest BCUT2D eigenvalue weighted by atomic mass is 10.1. The Hall–Kier alpha value is -2.80. The van der Waals surface area contributed by atoms with Crippen LogP contribution in [0.5, 0.6) is 5.75 Å². The second-order valence-electron chi connectivity index (χ2n) is 4.60. The molecule has 106 valence electrons. The molecule has 0 aliphatic rings. The summed E-state index contributed by atoms with van der Waals surface area (Å²) in [5.41, 5.74) is 2.63. The van der Waals surface area contributed by atoms with Gasteiger partial charge in [0.1, 0.15) is 11.8 Å². The molecule has 0 aromatic heterocycles. The molecule has 0 aliphatic carbocycles. The molecule has 0 spiro atoms. The van der Waals surface area contributed by atoms with Crippen molar-refractivity contribution in [2.75, 3.05) is 6.61 Å². The van der Waals surface area contributed by atoms with E-state index in [1.807, 2.05) is 37.3 Å². The van der Waals surface area contributed by atoms with E-state index in [2.05, 4.69) is 5.32 Å². The van der Waals surface area contributed by atoms with Crippen molar-refractivity contribution in [2.45, 2.75) is 13.5 Å². The minimum absolute atomic E-state index is 0.107. The highest BCUT2D eigenvalue weighted by atomic mass is 16.5. The second-order valence-corrected chi connectivity index (χ2v) is 4.60. The zero-order valence-electron chi connectivity index (χ0n) is 11.8. The number of hydrogen-bond acceptors (Lipinski definition) is 3. The number of nitrogens with one attached hydrogen (secondary N) is 1. The van der Waals surface area contributed by atoms with Gasteiger partial charge in [0.05, 0.1) is 5.56 Å². The highest BCUT2D eigenvalue weighted by Crippen LogP contribution is 2.16. The van der Waals surface area contributed by atoms with Crippen LogP contribution in [0.15, 0.2) is 48.5 Å². The summed E-state index contributed by atoms with van der Waals surface area (Å²) in [5, 5.41) is 11.7. The van der Waals surface area contributed by atoms with Crippen molar-refractivity contribution in [2.24, 2.45) is 0 Å². The second kappa shape index (κ2) is 7.11. The zero-order valence-corrected chi connectivity index (χ0v) is 11.8. The predicted octanol–water partition coefficient (Wildman–Crippen LogP) is 2.56. The molecule has 2 aromatic rings. The monoisotopic (exact) mass is 280 g/mol. The molecule has 0 heterocycles. The first-order chi connectivity index (χ1) is 10.2. The minimum Gasteiger partial charge on any atom is -0.482 e. The first-order valence-electron chi connectivity index (χ1n) is 6.64. The number of nitriles is 1. The summed E-state index contributed by atoms with van der Waals surface area (Å²) < 4.78 is 5.37. The average molecular weight is 280 g/mol. The average Bonchev–Trinajstić information content (AvgIpc) is 2.52. The summed E-state index contributed by atoms with van der Waals surface area (Å²) >= 11 is 0. The van der Waals surface area contributed by atoms with E-state index in [4.69, 9.17) is 10.00 Å². The van der Waals surface area contributed by atoms with Crippen LogP contribution in [-0.2, 0) is 11.3 Å². The van der Waals surface area contributed by atoms with E-state index in [-0.39, 0.29) is 12.5 Å². The summed E-state index contributed by atoms with van der Waals surface area (Å²) in [7, 11) is 0. The van der Waals surface area contributed by atoms with Gasteiger partial charge in [-0.05, 0) is 30.2 Å². The van der Waals surface area contributed by atoms with E-state index < -0.39 is 0 Å². The van der Waals surface area contributed by atoms with Gasteiger partial charge in [0.15, 0.2) is 6.61 Å². The minimum atomic E-state index is -0.217. The van der Waals surface area contributed by atoms with Gasteiger partial charge in [-0.2, -0.15) is 5.26 Å². The Morgan fingerprint density at radius 2 is 1.90 bits per heavy atom. The van der Waals surface area contributed by atoms with Crippen LogP contribution in [0.25, 0.3) is 0 Å². The van der Waals surface area contributed by atoms with Gasteiger partial charge in [-0.15, -0.1) is 0 Å². The van der Waals surface area contributed by atoms with E-state index in [0.29, 0.717) is 17.9 Å². The fourth-order valence-electron chi connectivity index (χ4n) is 1.88. The van der Waals surface area contributed by atoms with Crippen molar-refractivity contribution in [3.05, 3.63) is 65.2 Å². The third-order valence-electron chi connectivity index (χ3n) is 3.10. The summed E-state index contributed by atoms with van der Waals surface area (Å²) in [4.78, 5) is 11.8. The molecule has 0 radical (unpaired) electrons. The van der Waals surface area contributed by atoms with Crippen molar-refractivity contribution >= 4 is 5.91 Å². The third kappa shape index (κ3) is 4.08. The van der Waals surface area contributed by atoms with Gasteiger partial charge < -0.3 is 10.1 Å². The number of nitrogens with zero attached hydrogens (tertiary/aromatic N) is 1. The van der Waals surface area contributed by atoms with E-state index in [1.165, 1.54) is 0 Å². The van der Waals surface area contributed by atoms with E-state index in [9.17, 15) is 4.79 Å². The number of aryl methyl sites for hydroxylation is 1. The molecule has 0 atom stereocenters. The molecule has 1 N–H and O–H groups in total. The van der Waals surface area contributed by atoms with E-state index >= 15 is 0 Å². The molecule has 0 aliphatic heterocycles. The van der Waals surface area contributed by atoms with Gasteiger partial charge in [-0.3, -0.25) is 4.79 Å². The molecule has 0 saturated carbocycles. The van der Waals surface area contributed by atoms with Crippen molar-refractivity contribution < 1.29 is 9.53 Å². The number of carbonyl (C=O) groups excluding carboxylic acids is 1. The SMILES string of the molecule is Cc1ccccc1CNC(=O)COc1ccccc1C#N.